The van der Waals surface area contributed by atoms with Crippen LogP contribution in [0.15, 0.2) is 24.3 Å². The fourth-order valence-corrected chi connectivity index (χ4v) is 2.17. The summed E-state index contributed by atoms with van der Waals surface area (Å²) in [4.78, 5) is 25.0. The average Bonchev–Trinajstić information content (AvgIpc) is 2.45. The second kappa shape index (κ2) is 9.40. The summed E-state index contributed by atoms with van der Waals surface area (Å²) >= 11 is 6.03. The van der Waals surface area contributed by atoms with E-state index in [1.165, 1.54) is 6.92 Å². The molecule has 0 radical (unpaired) electrons. The molecule has 0 aliphatic rings. The molecule has 1 rings (SSSR count). The van der Waals surface area contributed by atoms with Crippen molar-refractivity contribution in [2.45, 2.75) is 39.7 Å². The van der Waals surface area contributed by atoms with Crippen molar-refractivity contribution in [3.63, 3.8) is 0 Å². The molecule has 0 saturated heterocycles. The smallest absolute Gasteiger partial charge is 0.239 e. The van der Waals surface area contributed by atoms with Crippen LogP contribution in [0, 0.1) is 0 Å². The quantitative estimate of drug-likeness (QED) is 0.750. The summed E-state index contributed by atoms with van der Waals surface area (Å²) in [6.07, 6.45) is 3.07. The van der Waals surface area contributed by atoms with Gasteiger partial charge in [-0.3, -0.25) is 9.59 Å². The van der Waals surface area contributed by atoms with Gasteiger partial charge < -0.3 is 10.2 Å². The van der Waals surface area contributed by atoms with Gasteiger partial charge in [-0.1, -0.05) is 49.6 Å². The Morgan fingerprint density at radius 3 is 2.57 bits per heavy atom. The van der Waals surface area contributed by atoms with E-state index in [4.69, 9.17) is 11.6 Å². The minimum Gasteiger partial charge on any atom is -0.350 e. The van der Waals surface area contributed by atoms with Crippen LogP contribution in [0.4, 0.5) is 0 Å². The van der Waals surface area contributed by atoms with E-state index < -0.39 is 0 Å². The highest BCUT2D eigenvalue weighted by Gasteiger charge is 2.13. The standard InChI is InChI=1S/C16H23ClN2O2/c1-3-4-7-10-19(13(2)20)12-16(21)18-11-14-8-5-6-9-15(14)17/h5-6,8-9H,3-4,7,10-12H2,1-2H3,(H,18,21). The molecule has 0 bridgehead atoms. The molecule has 0 heterocycles. The minimum atomic E-state index is -0.165. The molecule has 2 amide bonds. The van der Waals surface area contributed by atoms with Crippen LogP contribution in [0.2, 0.25) is 5.02 Å². The highest BCUT2D eigenvalue weighted by molar-refractivity contribution is 6.31. The Kier molecular flexibility index (Phi) is 7.83. The molecule has 1 aromatic rings. The first-order valence-corrected chi connectivity index (χ1v) is 7.68. The lowest BCUT2D eigenvalue weighted by Crippen LogP contribution is -2.40. The lowest BCUT2D eigenvalue weighted by Gasteiger charge is -2.20. The molecule has 21 heavy (non-hydrogen) atoms. The second-order valence-electron chi connectivity index (χ2n) is 5.02. The topological polar surface area (TPSA) is 49.4 Å². The first kappa shape index (κ1) is 17.5. The van der Waals surface area contributed by atoms with Crippen molar-refractivity contribution >= 4 is 23.4 Å². The lowest BCUT2D eigenvalue weighted by atomic mass is 10.2. The molecular formula is C16H23ClN2O2. The molecule has 0 aromatic heterocycles. The van der Waals surface area contributed by atoms with Gasteiger partial charge >= 0.3 is 0 Å². The fourth-order valence-electron chi connectivity index (χ4n) is 1.97. The van der Waals surface area contributed by atoms with E-state index in [0.29, 0.717) is 18.1 Å². The lowest BCUT2D eigenvalue weighted by molar-refractivity contribution is -0.134. The van der Waals surface area contributed by atoms with E-state index >= 15 is 0 Å². The summed E-state index contributed by atoms with van der Waals surface area (Å²) in [5.74, 6) is -0.236. The van der Waals surface area contributed by atoms with Crippen molar-refractivity contribution < 1.29 is 9.59 Å². The second-order valence-corrected chi connectivity index (χ2v) is 5.42. The van der Waals surface area contributed by atoms with Gasteiger partial charge in [0, 0.05) is 25.0 Å². The van der Waals surface area contributed by atoms with E-state index in [2.05, 4.69) is 12.2 Å². The molecule has 0 aliphatic carbocycles. The number of halogens is 1. The first-order chi connectivity index (χ1) is 10.0. The summed E-state index contributed by atoms with van der Waals surface area (Å²) in [5.41, 5.74) is 0.868. The number of amides is 2. The summed E-state index contributed by atoms with van der Waals surface area (Å²) < 4.78 is 0. The summed E-state index contributed by atoms with van der Waals surface area (Å²) in [7, 11) is 0. The normalized spacial score (nSPS) is 10.2. The van der Waals surface area contributed by atoms with Gasteiger partial charge in [0.25, 0.3) is 0 Å². The van der Waals surface area contributed by atoms with E-state index in [0.717, 1.165) is 24.8 Å². The molecule has 4 nitrogen and oxygen atoms in total. The Hall–Kier alpha value is -1.55. The number of benzene rings is 1. The van der Waals surface area contributed by atoms with E-state index in [1.807, 2.05) is 18.2 Å². The number of carbonyl (C=O) groups excluding carboxylic acids is 2. The Bertz CT molecular complexity index is 477. The average molecular weight is 311 g/mol. The predicted octanol–water partition coefficient (Wildman–Crippen LogP) is 2.99. The van der Waals surface area contributed by atoms with Crippen LogP contribution in [0.25, 0.3) is 0 Å². The van der Waals surface area contributed by atoms with Crippen LogP contribution in [0.3, 0.4) is 0 Å². The van der Waals surface area contributed by atoms with Crippen molar-refractivity contribution in [1.29, 1.82) is 0 Å². The van der Waals surface area contributed by atoms with Gasteiger partial charge in [-0.25, -0.2) is 0 Å². The van der Waals surface area contributed by atoms with Crippen molar-refractivity contribution in [3.05, 3.63) is 34.9 Å². The molecule has 1 N–H and O–H groups in total. The summed E-state index contributed by atoms with van der Waals surface area (Å²) in [6, 6.07) is 7.38. The zero-order valence-electron chi connectivity index (χ0n) is 12.7. The van der Waals surface area contributed by atoms with E-state index in [1.54, 1.807) is 11.0 Å². The fraction of sp³-hybridized carbons (Fsp3) is 0.500. The van der Waals surface area contributed by atoms with Crippen molar-refractivity contribution in [2.24, 2.45) is 0 Å². The van der Waals surface area contributed by atoms with Crippen LogP contribution in [-0.4, -0.2) is 29.8 Å². The number of hydrogen-bond donors (Lipinski definition) is 1. The van der Waals surface area contributed by atoms with Gasteiger partial charge in [-0.2, -0.15) is 0 Å². The molecule has 5 heteroatoms. The zero-order chi connectivity index (χ0) is 15.7. The molecule has 1 aromatic carbocycles. The van der Waals surface area contributed by atoms with Crippen LogP contribution in [0.5, 0.6) is 0 Å². The Morgan fingerprint density at radius 1 is 1.24 bits per heavy atom. The summed E-state index contributed by atoms with van der Waals surface area (Å²) in [6.45, 7) is 4.70. The molecule has 0 saturated carbocycles. The number of nitrogens with zero attached hydrogens (tertiary/aromatic N) is 1. The van der Waals surface area contributed by atoms with Crippen molar-refractivity contribution in [2.75, 3.05) is 13.1 Å². The maximum atomic E-state index is 11.9. The predicted molar refractivity (Wildman–Crippen MR) is 85.1 cm³/mol. The van der Waals surface area contributed by atoms with Crippen LogP contribution >= 0.6 is 11.6 Å². The molecule has 116 valence electrons. The largest absolute Gasteiger partial charge is 0.350 e. The van der Waals surface area contributed by atoms with E-state index in [-0.39, 0.29) is 18.4 Å². The maximum Gasteiger partial charge on any atom is 0.239 e. The van der Waals surface area contributed by atoms with E-state index in [9.17, 15) is 9.59 Å². The van der Waals surface area contributed by atoms with Gasteiger partial charge in [0.2, 0.25) is 11.8 Å². The first-order valence-electron chi connectivity index (χ1n) is 7.30. The maximum absolute atomic E-state index is 11.9. The summed E-state index contributed by atoms with van der Waals surface area (Å²) in [5, 5.41) is 3.43. The van der Waals surface area contributed by atoms with Gasteiger partial charge in [0.15, 0.2) is 0 Å². The Morgan fingerprint density at radius 2 is 1.95 bits per heavy atom. The number of unbranched alkanes of at least 4 members (excludes halogenated alkanes) is 2. The van der Waals surface area contributed by atoms with Crippen LogP contribution < -0.4 is 5.32 Å². The zero-order valence-corrected chi connectivity index (χ0v) is 13.4. The highest BCUT2D eigenvalue weighted by Crippen LogP contribution is 2.14. The Balaban J connectivity index is 2.43. The van der Waals surface area contributed by atoms with Crippen molar-refractivity contribution in [3.8, 4) is 0 Å². The van der Waals surface area contributed by atoms with Crippen molar-refractivity contribution in [1.82, 2.24) is 10.2 Å². The number of carbonyl (C=O) groups is 2. The highest BCUT2D eigenvalue weighted by atomic mass is 35.5. The number of rotatable bonds is 8. The molecular weight excluding hydrogens is 288 g/mol. The SMILES string of the molecule is CCCCCN(CC(=O)NCc1ccccc1Cl)C(C)=O. The third-order valence-corrected chi connectivity index (χ3v) is 3.61. The number of nitrogens with one attached hydrogen (secondary N) is 1. The molecule has 0 fully saturated rings. The molecule has 0 spiro atoms. The monoisotopic (exact) mass is 310 g/mol. The Labute approximate surface area is 131 Å². The van der Waals surface area contributed by atoms with Gasteiger partial charge in [-0.15, -0.1) is 0 Å². The van der Waals surface area contributed by atoms with Gasteiger partial charge in [0.1, 0.15) is 0 Å². The van der Waals surface area contributed by atoms with Crippen LogP contribution in [-0.2, 0) is 16.1 Å². The third-order valence-electron chi connectivity index (χ3n) is 3.25. The molecule has 0 unspecified atom stereocenters. The van der Waals surface area contributed by atoms with Gasteiger partial charge in [-0.05, 0) is 18.1 Å². The van der Waals surface area contributed by atoms with Crippen LogP contribution in [0.1, 0.15) is 38.7 Å². The minimum absolute atomic E-state index is 0.0704. The van der Waals surface area contributed by atoms with Gasteiger partial charge in [0.05, 0.1) is 6.54 Å². The molecule has 0 aliphatic heterocycles. The molecule has 0 atom stereocenters. The third kappa shape index (κ3) is 6.63. The number of hydrogen-bond acceptors (Lipinski definition) is 2.